The zero-order chi connectivity index (χ0) is 13.5. The van der Waals surface area contributed by atoms with E-state index in [4.69, 9.17) is 0 Å². The molecule has 0 saturated heterocycles. The summed E-state index contributed by atoms with van der Waals surface area (Å²) < 4.78 is 1.83. The minimum absolute atomic E-state index is 0.582. The van der Waals surface area contributed by atoms with Gasteiger partial charge in [0.1, 0.15) is 0 Å². The molecule has 1 aliphatic rings. The Balaban J connectivity index is 1.51. The number of nitrogens with zero attached hydrogens (tertiary/aromatic N) is 3. The van der Waals surface area contributed by atoms with Gasteiger partial charge in [-0.05, 0) is 36.1 Å². The van der Waals surface area contributed by atoms with Crippen molar-refractivity contribution >= 4 is 11.6 Å². The van der Waals surface area contributed by atoms with Gasteiger partial charge >= 0.3 is 0 Å². The van der Waals surface area contributed by atoms with Crippen LogP contribution in [0.2, 0.25) is 0 Å². The van der Waals surface area contributed by atoms with E-state index < -0.39 is 0 Å². The van der Waals surface area contributed by atoms with Gasteiger partial charge in [-0.15, -0.1) is 5.10 Å². The largest absolute Gasteiger partial charge is 0.352 e. The van der Waals surface area contributed by atoms with Gasteiger partial charge < -0.3 is 5.32 Å². The van der Waals surface area contributed by atoms with E-state index >= 15 is 0 Å². The van der Waals surface area contributed by atoms with Crippen molar-refractivity contribution in [2.75, 3.05) is 11.9 Å². The van der Waals surface area contributed by atoms with Crippen LogP contribution in [0.3, 0.4) is 0 Å². The van der Waals surface area contributed by atoms with Gasteiger partial charge in [-0.1, -0.05) is 30.3 Å². The lowest BCUT2D eigenvalue weighted by molar-refractivity contribution is 0.633. The Hall–Kier alpha value is -2.36. The first-order valence-corrected chi connectivity index (χ1v) is 6.95. The van der Waals surface area contributed by atoms with E-state index in [1.54, 1.807) is 0 Å². The summed E-state index contributed by atoms with van der Waals surface area (Å²) in [7, 11) is 0. The van der Waals surface area contributed by atoms with Crippen LogP contribution in [0.25, 0.3) is 5.65 Å². The maximum absolute atomic E-state index is 4.54. The number of hydrogen-bond acceptors (Lipinski definition) is 3. The van der Waals surface area contributed by atoms with E-state index in [2.05, 4.69) is 52.7 Å². The third-order valence-corrected chi connectivity index (χ3v) is 4.03. The summed E-state index contributed by atoms with van der Waals surface area (Å²) in [6.45, 7) is 2.95. The second-order valence-electron chi connectivity index (χ2n) is 5.38. The quantitative estimate of drug-likeness (QED) is 0.791. The first-order chi connectivity index (χ1) is 9.81. The topological polar surface area (TPSA) is 42.2 Å². The minimum atomic E-state index is 0.582. The van der Waals surface area contributed by atoms with Crippen LogP contribution in [-0.2, 0) is 6.42 Å². The summed E-state index contributed by atoms with van der Waals surface area (Å²) in [4.78, 5) is 4.54. The van der Waals surface area contributed by atoms with Crippen LogP contribution in [0.4, 0.5) is 5.95 Å². The lowest BCUT2D eigenvalue weighted by atomic mass is 9.78. The van der Waals surface area contributed by atoms with E-state index in [1.807, 2.05) is 16.8 Å². The Labute approximate surface area is 117 Å². The Morgan fingerprint density at radius 3 is 3.00 bits per heavy atom. The monoisotopic (exact) mass is 264 g/mol. The molecule has 0 bridgehead atoms. The average Bonchev–Trinajstić information content (AvgIpc) is 2.84. The molecule has 0 amide bonds. The van der Waals surface area contributed by atoms with Gasteiger partial charge in [0, 0.05) is 18.7 Å². The summed E-state index contributed by atoms with van der Waals surface area (Å²) in [6.07, 6.45) is 3.08. The molecule has 1 aliphatic carbocycles. The highest BCUT2D eigenvalue weighted by Crippen LogP contribution is 2.34. The first kappa shape index (κ1) is 11.5. The van der Waals surface area contributed by atoms with E-state index in [9.17, 15) is 0 Å². The molecule has 0 aliphatic heterocycles. The Bertz CT molecular complexity index is 775. The maximum Gasteiger partial charge on any atom is 0.243 e. The van der Waals surface area contributed by atoms with Gasteiger partial charge in [-0.25, -0.2) is 4.52 Å². The highest BCUT2D eigenvalue weighted by atomic mass is 15.3. The standard InChI is InChI=1S/C16H16N4/c1-11-5-4-8-20-15(11)18-16(19-20)17-10-13-9-12-6-2-3-7-14(12)13/h2-8,13H,9-10H2,1H3,(H,17,19). The number of pyridine rings is 1. The van der Waals surface area contributed by atoms with Crippen molar-refractivity contribution in [3.63, 3.8) is 0 Å². The first-order valence-electron chi connectivity index (χ1n) is 6.95. The summed E-state index contributed by atoms with van der Waals surface area (Å²) >= 11 is 0. The molecule has 2 heterocycles. The lowest BCUT2D eigenvalue weighted by Gasteiger charge is -2.29. The predicted molar refractivity (Wildman–Crippen MR) is 79.1 cm³/mol. The molecule has 1 N–H and O–H groups in total. The van der Waals surface area contributed by atoms with Crippen LogP contribution in [0.5, 0.6) is 0 Å². The zero-order valence-corrected chi connectivity index (χ0v) is 11.4. The third-order valence-electron chi connectivity index (χ3n) is 4.03. The molecule has 2 aromatic heterocycles. The summed E-state index contributed by atoms with van der Waals surface area (Å²) in [5.74, 6) is 1.29. The molecule has 20 heavy (non-hydrogen) atoms. The van der Waals surface area contributed by atoms with Gasteiger partial charge in [-0.2, -0.15) is 4.98 Å². The van der Waals surface area contributed by atoms with Crippen LogP contribution in [0, 0.1) is 6.92 Å². The number of hydrogen-bond donors (Lipinski definition) is 1. The number of aromatic nitrogens is 3. The van der Waals surface area contributed by atoms with E-state index in [1.165, 1.54) is 11.1 Å². The van der Waals surface area contributed by atoms with E-state index in [-0.39, 0.29) is 0 Å². The fraction of sp³-hybridized carbons (Fsp3) is 0.250. The highest BCUT2D eigenvalue weighted by Gasteiger charge is 2.25. The summed E-state index contributed by atoms with van der Waals surface area (Å²) in [5, 5.41) is 7.82. The van der Waals surface area contributed by atoms with Crippen LogP contribution in [0.15, 0.2) is 42.6 Å². The number of anilines is 1. The fourth-order valence-corrected chi connectivity index (χ4v) is 2.87. The van der Waals surface area contributed by atoms with Gasteiger partial charge in [0.2, 0.25) is 5.95 Å². The van der Waals surface area contributed by atoms with Crippen molar-refractivity contribution in [3.8, 4) is 0 Å². The number of benzene rings is 1. The van der Waals surface area contributed by atoms with Gasteiger partial charge in [0.25, 0.3) is 0 Å². The minimum Gasteiger partial charge on any atom is -0.352 e. The molecule has 100 valence electrons. The Morgan fingerprint density at radius 2 is 2.15 bits per heavy atom. The van der Waals surface area contributed by atoms with Gasteiger partial charge in [0.05, 0.1) is 0 Å². The Morgan fingerprint density at radius 1 is 1.25 bits per heavy atom. The van der Waals surface area contributed by atoms with Crippen molar-refractivity contribution in [3.05, 3.63) is 59.3 Å². The average molecular weight is 264 g/mol. The molecule has 0 fully saturated rings. The second kappa shape index (κ2) is 4.34. The molecule has 4 heteroatoms. The maximum atomic E-state index is 4.54. The van der Waals surface area contributed by atoms with Crippen LogP contribution in [-0.4, -0.2) is 21.1 Å². The predicted octanol–water partition coefficient (Wildman–Crippen LogP) is 2.79. The SMILES string of the molecule is Cc1cccn2nc(NCC3Cc4ccccc43)nc12. The van der Waals surface area contributed by atoms with Gasteiger partial charge in [-0.3, -0.25) is 0 Å². The molecule has 1 aromatic carbocycles. The summed E-state index contributed by atoms with van der Waals surface area (Å²) in [5.41, 5.74) is 4.99. The van der Waals surface area contributed by atoms with Crippen molar-refractivity contribution in [2.45, 2.75) is 19.3 Å². The molecule has 4 rings (SSSR count). The van der Waals surface area contributed by atoms with Crippen molar-refractivity contribution < 1.29 is 0 Å². The van der Waals surface area contributed by atoms with Crippen LogP contribution >= 0.6 is 0 Å². The number of aryl methyl sites for hydroxylation is 1. The smallest absolute Gasteiger partial charge is 0.243 e. The van der Waals surface area contributed by atoms with E-state index in [0.717, 1.165) is 24.2 Å². The molecule has 0 radical (unpaired) electrons. The molecular formula is C16H16N4. The third kappa shape index (κ3) is 1.76. The molecule has 3 aromatic rings. The Kier molecular flexibility index (Phi) is 2.49. The van der Waals surface area contributed by atoms with E-state index in [0.29, 0.717) is 11.9 Å². The number of nitrogens with one attached hydrogen (secondary N) is 1. The van der Waals surface area contributed by atoms with Crippen molar-refractivity contribution in [1.29, 1.82) is 0 Å². The molecule has 4 nitrogen and oxygen atoms in total. The lowest BCUT2D eigenvalue weighted by Crippen LogP contribution is -2.24. The van der Waals surface area contributed by atoms with Gasteiger partial charge in [0.15, 0.2) is 5.65 Å². The summed E-state index contributed by atoms with van der Waals surface area (Å²) in [6, 6.07) is 12.7. The fourth-order valence-electron chi connectivity index (χ4n) is 2.87. The highest BCUT2D eigenvalue weighted by molar-refractivity contribution is 5.50. The van der Waals surface area contributed by atoms with Crippen LogP contribution in [0.1, 0.15) is 22.6 Å². The normalized spacial score (nSPS) is 16.8. The molecule has 0 saturated carbocycles. The van der Waals surface area contributed by atoms with Crippen molar-refractivity contribution in [1.82, 2.24) is 14.6 Å². The molecule has 0 spiro atoms. The molecule has 1 unspecified atom stereocenters. The van der Waals surface area contributed by atoms with Crippen LogP contribution < -0.4 is 5.32 Å². The molecular weight excluding hydrogens is 248 g/mol. The number of fused-ring (bicyclic) bond motifs is 2. The van der Waals surface area contributed by atoms with Crippen molar-refractivity contribution in [2.24, 2.45) is 0 Å². The zero-order valence-electron chi connectivity index (χ0n) is 11.4. The molecule has 1 atom stereocenters. The number of rotatable bonds is 3. The second-order valence-corrected chi connectivity index (χ2v) is 5.38.